The Bertz CT molecular complexity index is 586. The molecular weight excluding hydrogens is 230 g/mol. The van der Waals surface area contributed by atoms with Crippen molar-refractivity contribution in [3.63, 3.8) is 0 Å². The molecule has 0 spiro atoms. The Morgan fingerprint density at radius 3 is 2.83 bits per heavy atom. The summed E-state index contributed by atoms with van der Waals surface area (Å²) in [6.45, 7) is 1.71. The van der Waals surface area contributed by atoms with Crippen LogP contribution in [-0.4, -0.2) is 22.8 Å². The van der Waals surface area contributed by atoms with E-state index in [4.69, 9.17) is 9.84 Å². The van der Waals surface area contributed by atoms with E-state index in [1.807, 2.05) is 36.0 Å². The molecular formula is C14H17NO3. The zero-order valence-corrected chi connectivity index (χ0v) is 10.8. The van der Waals surface area contributed by atoms with Gasteiger partial charge in [-0.3, -0.25) is 4.79 Å². The van der Waals surface area contributed by atoms with E-state index in [0.29, 0.717) is 6.42 Å². The highest BCUT2D eigenvalue weighted by Gasteiger charge is 2.15. The molecule has 4 heteroatoms. The van der Waals surface area contributed by atoms with Gasteiger partial charge in [0.05, 0.1) is 13.0 Å². The predicted octanol–water partition coefficient (Wildman–Crippen LogP) is 2.45. The van der Waals surface area contributed by atoms with Crippen molar-refractivity contribution in [2.75, 3.05) is 7.11 Å². The maximum Gasteiger partial charge on any atom is 0.306 e. The van der Waals surface area contributed by atoms with Crippen LogP contribution in [0.1, 0.15) is 12.5 Å². The summed E-state index contributed by atoms with van der Waals surface area (Å²) in [4.78, 5) is 10.9. The third-order valence-electron chi connectivity index (χ3n) is 3.24. The molecule has 4 nitrogen and oxygen atoms in total. The van der Waals surface area contributed by atoms with Crippen molar-refractivity contribution in [2.45, 2.75) is 13.3 Å². The Labute approximate surface area is 106 Å². The first-order valence-electron chi connectivity index (χ1n) is 5.87. The van der Waals surface area contributed by atoms with Crippen molar-refractivity contribution in [1.29, 1.82) is 0 Å². The van der Waals surface area contributed by atoms with E-state index in [0.717, 1.165) is 22.2 Å². The lowest BCUT2D eigenvalue weighted by Crippen LogP contribution is -2.12. The van der Waals surface area contributed by atoms with Crippen molar-refractivity contribution in [3.8, 4) is 5.75 Å². The average Bonchev–Trinajstić information content (AvgIpc) is 2.69. The van der Waals surface area contributed by atoms with Crippen LogP contribution in [0.25, 0.3) is 10.9 Å². The third-order valence-corrected chi connectivity index (χ3v) is 3.24. The minimum Gasteiger partial charge on any atom is -0.496 e. The number of benzene rings is 1. The summed E-state index contributed by atoms with van der Waals surface area (Å²) in [7, 11) is 3.58. The van der Waals surface area contributed by atoms with Gasteiger partial charge in [0.15, 0.2) is 0 Å². The lowest BCUT2D eigenvalue weighted by Gasteiger charge is -2.12. The Balaban J connectivity index is 2.46. The van der Waals surface area contributed by atoms with Gasteiger partial charge in [-0.15, -0.1) is 0 Å². The number of hydrogen-bond acceptors (Lipinski definition) is 2. The Kier molecular flexibility index (Phi) is 3.28. The fraction of sp³-hybridized carbons (Fsp3) is 0.357. The topological polar surface area (TPSA) is 51.5 Å². The highest BCUT2D eigenvalue weighted by Crippen LogP contribution is 2.28. The first kappa shape index (κ1) is 12.5. The van der Waals surface area contributed by atoms with E-state index >= 15 is 0 Å². The number of nitrogens with zero attached hydrogens (tertiary/aromatic N) is 1. The quantitative estimate of drug-likeness (QED) is 0.902. The van der Waals surface area contributed by atoms with Gasteiger partial charge >= 0.3 is 5.97 Å². The normalized spacial score (nSPS) is 12.6. The smallest absolute Gasteiger partial charge is 0.306 e. The van der Waals surface area contributed by atoms with Crippen LogP contribution in [0, 0.1) is 5.92 Å². The maximum absolute atomic E-state index is 10.9. The predicted molar refractivity (Wildman–Crippen MR) is 70.0 cm³/mol. The lowest BCUT2D eigenvalue weighted by molar-refractivity contribution is -0.141. The second-order valence-corrected chi connectivity index (χ2v) is 4.59. The van der Waals surface area contributed by atoms with E-state index < -0.39 is 11.9 Å². The Morgan fingerprint density at radius 2 is 2.22 bits per heavy atom. The maximum atomic E-state index is 10.9. The highest BCUT2D eigenvalue weighted by atomic mass is 16.5. The van der Waals surface area contributed by atoms with Crippen LogP contribution in [-0.2, 0) is 18.3 Å². The van der Waals surface area contributed by atoms with E-state index in [1.165, 1.54) is 0 Å². The van der Waals surface area contributed by atoms with Gasteiger partial charge in [0.25, 0.3) is 0 Å². The standard InChI is InChI=1S/C14H17NO3/c1-9(14(16)17)6-11-7-12-10(4-5-15(12)2)8-13(11)18-3/h4-5,7-9H,6H2,1-3H3,(H,16,17). The molecule has 1 N–H and O–H groups in total. The Hall–Kier alpha value is -1.97. The van der Waals surface area contributed by atoms with Gasteiger partial charge in [-0.05, 0) is 30.2 Å². The number of carboxylic acid groups (broad SMARTS) is 1. The lowest BCUT2D eigenvalue weighted by atomic mass is 9.99. The summed E-state index contributed by atoms with van der Waals surface area (Å²) >= 11 is 0. The second-order valence-electron chi connectivity index (χ2n) is 4.59. The van der Waals surface area contributed by atoms with E-state index in [-0.39, 0.29) is 0 Å². The van der Waals surface area contributed by atoms with Crippen molar-refractivity contribution in [1.82, 2.24) is 4.57 Å². The number of aromatic nitrogens is 1. The summed E-state index contributed by atoms with van der Waals surface area (Å²) in [5.74, 6) is -0.456. The fourth-order valence-electron chi connectivity index (χ4n) is 2.11. The van der Waals surface area contributed by atoms with Crippen molar-refractivity contribution in [2.24, 2.45) is 13.0 Å². The van der Waals surface area contributed by atoms with Crippen LogP contribution in [0.15, 0.2) is 24.4 Å². The summed E-state index contributed by atoms with van der Waals surface area (Å²) in [5, 5.41) is 10.1. The molecule has 0 amide bonds. The minimum atomic E-state index is -0.788. The number of methoxy groups -OCH3 is 1. The van der Waals surface area contributed by atoms with Gasteiger partial charge < -0.3 is 14.4 Å². The number of carboxylic acids is 1. The van der Waals surface area contributed by atoms with Gasteiger partial charge in [0.2, 0.25) is 0 Å². The largest absolute Gasteiger partial charge is 0.496 e. The molecule has 1 aromatic heterocycles. The highest BCUT2D eigenvalue weighted by molar-refractivity contribution is 5.83. The number of aryl methyl sites for hydroxylation is 1. The molecule has 0 saturated heterocycles. The molecule has 0 radical (unpaired) electrons. The molecule has 1 unspecified atom stereocenters. The molecule has 1 aromatic carbocycles. The van der Waals surface area contributed by atoms with E-state index in [1.54, 1.807) is 14.0 Å². The Morgan fingerprint density at radius 1 is 1.50 bits per heavy atom. The van der Waals surface area contributed by atoms with Gasteiger partial charge in [-0.1, -0.05) is 6.92 Å². The fourth-order valence-corrected chi connectivity index (χ4v) is 2.11. The SMILES string of the molecule is COc1cc2ccn(C)c2cc1CC(C)C(=O)O. The van der Waals surface area contributed by atoms with Crippen LogP contribution >= 0.6 is 0 Å². The van der Waals surface area contributed by atoms with Gasteiger partial charge in [0, 0.05) is 24.1 Å². The number of aliphatic carboxylic acids is 1. The molecule has 0 aliphatic heterocycles. The van der Waals surface area contributed by atoms with Gasteiger partial charge in [0.1, 0.15) is 5.75 Å². The van der Waals surface area contributed by atoms with Crippen LogP contribution in [0.5, 0.6) is 5.75 Å². The molecule has 2 aromatic rings. The molecule has 96 valence electrons. The van der Waals surface area contributed by atoms with E-state index in [2.05, 4.69) is 0 Å². The number of carbonyl (C=O) groups is 1. The van der Waals surface area contributed by atoms with Gasteiger partial charge in [-0.25, -0.2) is 0 Å². The van der Waals surface area contributed by atoms with Gasteiger partial charge in [-0.2, -0.15) is 0 Å². The monoisotopic (exact) mass is 247 g/mol. The minimum absolute atomic E-state index is 0.420. The molecule has 18 heavy (non-hydrogen) atoms. The third kappa shape index (κ3) is 2.18. The van der Waals surface area contributed by atoms with E-state index in [9.17, 15) is 4.79 Å². The molecule has 2 rings (SSSR count). The number of ether oxygens (including phenoxy) is 1. The zero-order chi connectivity index (χ0) is 13.3. The first-order valence-corrected chi connectivity index (χ1v) is 5.87. The molecule has 0 fully saturated rings. The summed E-state index contributed by atoms with van der Waals surface area (Å²) in [5.41, 5.74) is 2.02. The molecule has 0 aliphatic rings. The zero-order valence-electron chi connectivity index (χ0n) is 10.8. The average molecular weight is 247 g/mol. The molecule has 1 atom stereocenters. The molecule has 0 aliphatic carbocycles. The van der Waals surface area contributed by atoms with Crippen LogP contribution in [0.2, 0.25) is 0 Å². The summed E-state index contributed by atoms with van der Waals surface area (Å²) < 4.78 is 7.36. The van der Waals surface area contributed by atoms with Crippen molar-refractivity contribution >= 4 is 16.9 Å². The van der Waals surface area contributed by atoms with Crippen molar-refractivity contribution < 1.29 is 14.6 Å². The van der Waals surface area contributed by atoms with Crippen LogP contribution in [0.3, 0.4) is 0 Å². The number of rotatable bonds is 4. The van der Waals surface area contributed by atoms with Crippen molar-refractivity contribution in [3.05, 3.63) is 30.0 Å². The molecule has 1 heterocycles. The second kappa shape index (κ2) is 4.72. The molecule has 0 bridgehead atoms. The number of fused-ring (bicyclic) bond motifs is 1. The van der Waals surface area contributed by atoms with Crippen LogP contribution in [0.4, 0.5) is 0 Å². The summed E-state index contributed by atoms with van der Waals surface area (Å²) in [6.07, 6.45) is 2.45. The van der Waals surface area contributed by atoms with Crippen LogP contribution < -0.4 is 4.74 Å². The number of hydrogen-bond donors (Lipinski definition) is 1. The first-order chi connectivity index (χ1) is 8.52. The summed E-state index contributed by atoms with van der Waals surface area (Å²) in [6, 6.07) is 5.98. The molecule has 0 saturated carbocycles.